The number of carbonyl (C=O) groups is 1. The van der Waals surface area contributed by atoms with E-state index in [2.05, 4.69) is 29.5 Å². The summed E-state index contributed by atoms with van der Waals surface area (Å²) >= 11 is 1.43. The fourth-order valence-electron chi connectivity index (χ4n) is 1.29. The molecule has 1 aromatic rings. The Balaban J connectivity index is 2.49. The van der Waals surface area contributed by atoms with E-state index in [0.29, 0.717) is 5.13 Å². The SMILES string of the molecule is CCCNC(C)c1csc(NC(=O)COC)n1. The fraction of sp³-hybridized carbons (Fsp3) is 0.636. The van der Waals surface area contributed by atoms with Crippen LogP contribution in [0, 0.1) is 0 Å². The van der Waals surface area contributed by atoms with Crippen molar-refractivity contribution in [3.8, 4) is 0 Å². The van der Waals surface area contributed by atoms with Crippen LogP contribution in [0.4, 0.5) is 5.13 Å². The third-order valence-corrected chi connectivity index (χ3v) is 2.96. The lowest BCUT2D eigenvalue weighted by atomic mass is 10.2. The molecule has 2 N–H and O–H groups in total. The van der Waals surface area contributed by atoms with Gasteiger partial charge >= 0.3 is 0 Å². The smallest absolute Gasteiger partial charge is 0.252 e. The molecule has 0 radical (unpaired) electrons. The molecule has 0 bridgehead atoms. The predicted molar refractivity (Wildman–Crippen MR) is 69.3 cm³/mol. The molecule has 17 heavy (non-hydrogen) atoms. The van der Waals surface area contributed by atoms with Crippen molar-refractivity contribution < 1.29 is 9.53 Å². The van der Waals surface area contributed by atoms with E-state index in [1.165, 1.54) is 18.4 Å². The molecule has 1 aromatic heterocycles. The quantitative estimate of drug-likeness (QED) is 0.781. The van der Waals surface area contributed by atoms with Crippen molar-refractivity contribution in [3.63, 3.8) is 0 Å². The van der Waals surface area contributed by atoms with E-state index >= 15 is 0 Å². The van der Waals surface area contributed by atoms with E-state index in [9.17, 15) is 4.79 Å². The maximum Gasteiger partial charge on any atom is 0.252 e. The fourth-order valence-corrected chi connectivity index (χ4v) is 2.11. The molecule has 0 spiro atoms. The van der Waals surface area contributed by atoms with Crippen molar-refractivity contribution in [1.29, 1.82) is 0 Å². The Labute approximate surface area is 106 Å². The van der Waals surface area contributed by atoms with Gasteiger partial charge < -0.3 is 10.1 Å². The number of rotatable bonds is 7. The molecule has 1 rings (SSSR count). The molecule has 0 aromatic carbocycles. The zero-order valence-electron chi connectivity index (χ0n) is 10.4. The van der Waals surface area contributed by atoms with Crippen LogP contribution in [0.15, 0.2) is 5.38 Å². The van der Waals surface area contributed by atoms with Crippen LogP contribution >= 0.6 is 11.3 Å². The zero-order valence-corrected chi connectivity index (χ0v) is 11.3. The second-order valence-electron chi connectivity index (χ2n) is 3.73. The zero-order chi connectivity index (χ0) is 12.7. The van der Waals surface area contributed by atoms with Crippen LogP contribution in [-0.4, -0.2) is 31.2 Å². The minimum absolute atomic E-state index is 0.0541. The number of anilines is 1. The van der Waals surface area contributed by atoms with Gasteiger partial charge in [0.1, 0.15) is 6.61 Å². The number of hydrogen-bond donors (Lipinski definition) is 2. The molecule has 0 aliphatic heterocycles. The molecule has 0 aliphatic carbocycles. The first-order valence-electron chi connectivity index (χ1n) is 5.65. The summed E-state index contributed by atoms with van der Waals surface area (Å²) in [6, 6.07) is 0.208. The monoisotopic (exact) mass is 257 g/mol. The highest BCUT2D eigenvalue weighted by Gasteiger charge is 2.10. The number of hydrogen-bond acceptors (Lipinski definition) is 5. The first-order chi connectivity index (χ1) is 8.17. The lowest BCUT2D eigenvalue weighted by molar-refractivity contribution is -0.119. The van der Waals surface area contributed by atoms with E-state index in [0.717, 1.165) is 18.7 Å². The van der Waals surface area contributed by atoms with E-state index in [1.807, 2.05) is 5.38 Å². The second kappa shape index (κ2) is 7.37. The average molecular weight is 257 g/mol. The molecule has 0 fully saturated rings. The summed E-state index contributed by atoms with van der Waals surface area (Å²) in [7, 11) is 1.49. The van der Waals surface area contributed by atoms with Gasteiger partial charge in [-0.05, 0) is 19.9 Å². The van der Waals surface area contributed by atoms with Gasteiger partial charge in [0, 0.05) is 18.5 Å². The normalized spacial score (nSPS) is 12.4. The topological polar surface area (TPSA) is 63.2 Å². The predicted octanol–water partition coefficient (Wildman–Crippen LogP) is 1.79. The molecule has 1 heterocycles. The molecule has 5 nitrogen and oxygen atoms in total. The van der Waals surface area contributed by atoms with Crippen molar-refractivity contribution in [2.24, 2.45) is 0 Å². The van der Waals surface area contributed by atoms with Crippen LogP contribution in [0.3, 0.4) is 0 Å². The summed E-state index contributed by atoms with van der Waals surface area (Å²) in [5.74, 6) is -0.178. The first-order valence-corrected chi connectivity index (χ1v) is 6.53. The van der Waals surface area contributed by atoms with Crippen molar-refractivity contribution in [2.75, 3.05) is 25.6 Å². The maximum atomic E-state index is 11.3. The second-order valence-corrected chi connectivity index (χ2v) is 4.59. The molecule has 1 atom stereocenters. The van der Waals surface area contributed by atoms with Gasteiger partial charge in [-0.3, -0.25) is 10.1 Å². The highest BCUT2D eigenvalue weighted by Crippen LogP contribution is 2.20. The minimum atomic E-state index is -0.178. The van der Waals surface area contributed by atoms with Crippen LogP contribution in [-0.2, 0) is 9.53 Å². The number of thiazole rings is 1. The van der Waals surface area contributed by atoms with Crippen LogP contribution in [0.2, 0.25) is 0 Å². The summed E-state index contributed by atoms with van der Waals surface area (Å²) in [5.41, 5.74) is 0.955. The van der Waals surface area contributed by atoms with Gasteiger partial charge in [0.05, 0.1) is 5.69 Å². The van der Waals surface area contributed by atoms with Crippen LogP contribution in [0.1, 0.15) is 32.0 Å². The number of nitrogens with one attached hydrogen (secondary N) is 2. The molecule has 1 amide bonds. The summed E-state index contributed by atoms with van der Waals surface area (Å²) in [5, 5.41) is 8.61. The van der Waals surface area contributed by atoms with E-state index < -0.39 is 0 Å². The van der Waals surface area contributed by atoms with Gasteiger partial charge in [-0.15, -0.1) is 11.3 Å². The molecule has 6 heteroatoms. The van der Waals surface area contributed by atoms with Gasteiger partial charge in [-0.2, -0.15) is 0 Å². The third-order valence-electron chi connectivity index (χ3n) is 2.19. The Kier molecular flexibility index (Phi) is 6.10. The number of ether oxygens (including phenoxy) is 1. The van der Waals surface area contributed by atoms with Crippen LogP contribution < -0.4 is 10.6 Å². The highest BCUT2D eigenvalue weighted by atomic mass is 32.1. The summed E-state index contributed by atoms with van der Waals surface area (Å²) in [6.45, 7) is 5.20. The first kappa shape index (κ1) is 14.1. The van der Waals surface area contributed by atoms with Crippen LogP contribution in [0.25, 0.3) is 0 Å². The molecule has 0 aliphatic rings. The average Bonchev–Trinajstić information content (AvgIpc) is 2.74. The summed E-state index contributed by atoms with van der Waals surface area (Å²) < 4.78 is 4.74. The highest BCUT2D eigenvalue weighted by molar-refractivity contribution is 7.13. The molecule has 0 saturated heterocycles. The van der Waals surface area contributed by atoms with Gasteiger partial charge in [0.25, 0.3) is 5.91 Å². The Morgan fingerprint density at radius 1 is 1.65 bits per heavy atom. The number of amides is 1. The summed E-state index contributed by atoms with van der Waals surface area (Å²) in [4.78, 5) is 15.6. The molecule has 96 valence electrons. The lowest BCUT2D eigenvalue weighted by Gasteiger charge is -2.09. The van der Waals surface area contributed by atoms with Crippen molar-refractivity contribution in [2.45, 2.75) is 26.3 Å². The number of carbonyl (C=O) groups excluding carboxylic acids is 1. The van der Waals surface area contributed by atoms with E-state index in [-0.39, 0.29) is 18.6 Å². The standard InChI is InChI=1S/C11H19N3O2S/c1-4-5-12-8(2)9-7-17-11(13-9)14-10(15)6-16-3/h7-8,12H,4-6H2,1-3H3,(H,13,14,15). The Morgan fingerprint density at radius 2 is 2.41 bits per heavy atom. The third kappa shape index (κ3) is 4.80. The van der Waals surface area contributed by atoms with Crippen molar-refractivity contribution in [3.05, 3.63) is 11.1 Å². The largest absolute Gasteiger partial charge is 0.375 e. The Bertz CT molecular complexity index is 354. The number of aromatic nitrogens is 1. The van der Waals surface area contributed by atoms with Gasteiger partial charge in [0.2, 0.25) is 0 Å². The van der Waals surface area contributed by atoms with Crippen molar-refractivity contribution in [1.82, 2.24) is 10.3 Å². The number of methoxy groups -OCH3 is 1. The van der Waals surface area contributed by atoms with Gasteiger partial charge in [0.15, 0.2) is 5.13 Å². The van der Waals surface area contributed by atoms with Crippen molar-refractivity contribution >= 4 is 22.4 Å². The lowest BCUT2D eigenvalue weighted by Crippen LogP contribution is -2.20. The summed E-state index contributed by atoms with van der Waals surface area (Å²) in [6.07, 6.45) is 1.09. The van der Waals surface area contributed by atoms with Gasteiger partial charge in [-0.25, -0.2) is 4.98 Å². The molecular formula is C11H19N3O2S. The van der Waals surface area contributed by atoms with Gasteiger partial charge in [-0.1, -0.05) is 6.92 Å². The molecular weight excluding hydrogens is 238 g/mol. The number of nitrogens with zero attached hydrogens (tertiary/aromatic N) is 1. The molecule has 0 saturated carbocycles. The molecule has 1 unspecified atom stereocenters. The van der Waals surface area contributed by atoms with Crippen LogP contribution in [0.5, 0.6) is 0 Å². The van der Waals surface area contributed by atoms with E-state index in [4.69, 9.17) is 4.74 Å². The Morgan fingerprint density at radius 3 is 3.06 bits per heavy atom. The Hall–Kier alpha value is -0.980. The minimum Gasteiger partial charge on any atom is -0.375 e. The maximum absolute atomic E-state index is 11.3. The van der Waals surface area contributed by atoms with E-state index in [1.54, 1.807) is 0 Å².